The number of amides is 2. The minimum atomic E-state index is -0.565. The number of rotatable bonds is 1. The normalized spacial score (nSPS) is 20.9. The lowest BCUT2D eigenvalue weighted by Crippen LogP contribution is -2.57. The van der Waals surface area contributed by atoms with Crippen LogP contribution in [0.2, 0.25) is 0 Å². The highest BCUT2D eigenvalue weighted by Gasteiger charge is 2.30. The maximum Gasteiger partial charge on any atom is 0.249 e. The molecule has 0 aliphatic carbocycles. The summed E-state index contributed by atoms with van der Waals surface area (Å²) >= 11 is 0. The van der Waals surface area contributed by atoms with Gasteiger partial charge in [0.05, 0.1) is 0 Å². The second-order valence-corrected chi connectivity index (χ2v) is 3.69. The molecule has 1 aromatic carbocycles. The van der Waals surface area contributed by atoms with Gasteiger partial charge in [0.1, 0.15) is 18.4 Å². The van der Waals surface area contributed by atoms with Crippen molar-refractivity contribution in [2.45, 2.75) is 13.0 Å². The summed E-state index contributed by atoms with van der Waals surface area (Å²) in [5.41, 5.74) is 0.409. The Hall–Kier alpha value is -1.91. The molecule has 1 atom stereocenters. The Labute approximate surface area is 92.0 Å². The fourth-order valence-corrected chi connectivity index (χ4v) is 1.67. The zero-order valence-electron chi connectivity index (χ0n) is 8.74. The average Bonchev–Trinajstić information content (AvgIpc) is 2.23. The number of benzene rings is 1. The van der Waals surface area contributed by atoms with Crippen LogP contribution in [0, 0.1) is 5.82 Å². The molecule has 1 fully saturated rings. The van der Waals surface area contributed by atoms with Crippen LogP contribution >= 0.6 is 0 Å². The van der Waals surface area contributed by atoms with Crippen molar-refractivity contribution in [3.05, 3.63) is 30.1 Å². The molecular formula is C11H11FN2O2. The number of halogens is 1. The third kappa shape index (κ3) is 1.88. The Morgan fingerprint density at radius 2 is 2.19 bits per heavy atom. The minimum Gasteiger partial charge on any atom is -0.343 e. The Morgan fingerprint density at radius 1 is 1.44 bits per heavy atom. The van der Waals surface area contributed by atoms with Crippen molar-refractivity contribution in [2.75, 3.05) is 11.4 Å². The minimum absolute atomic E-state index is 0.0629. The molecule has 84 valence electrons. The van der Waals surface area contributed by atoms with E-state index < -0.39 is 11.9 Å². The lowest BCUT2D eigenvalue weighted by Gasteiger charge is -2.30. The van der Waals surface area contributed by atoms with Gasteiger partial charge in [0.25, 0.3) is 0 Å². The van der Waals surface area contributed by atoms with Gasteiger partial charge in [0.15, 0.2) is 0 Å². The van der Waals surface area contributed by atoms with Gasteiger partial charge in [-0.3, -0.25) is 9.59 Å². The van der Waals surface area contributed by atoms with Crippen LogP contribution in [-0.4, -0.2) is 24.4 Å². The van der Waals surface area contributed by atoms with Crippen molar-refractivity contribution in [3.8, 4) is 0 Å². The number of nitrogens with zero attached hydrogens (tertiary/aromatic N) is 1. The summed E-state index contributed by atoms with van der Waals surface area (Å²) in [6, 6.07) is 5.08. The van der Waals surface area contributed by atoms with Crippen molar-refractivity contribution in [2.24, 2.45) is 0 Å². The number of hydrogen-bond acceptors (Lipinski definition) is 2. The van der Waals surface area contributed by atoms with Gasteiger partial charge in [0, 0.05) is 5.69 Å². The van der Waals surface area contributed by atoms with E-state index in [-0.39, 0.29) is 18.4 Å². The predicted molar refractivity (Wildman–Crippen MR) is 56.4 cm³/mol. The zero-order valence-corrected chi connectivity index (χ0v) is 8.74. The van der Waals surface area contributed by atoms with E-state index in [9.17, 15) is 14.0 Å². The fourth-order valence-electron chi connectivity index (χ4n) is 1.67. The van der Waals surface area contributed by atoms with E-state index >= 15 is 0 Å². The van der Waals surface area contributed by atoms with E-state index in [4.69, 9.17) is 0 Å². The second kappa shape index (κ2) is 3.92. The molecule has 0 radical (unpaired) electrons. The first kappa shape index (κ1) is 10.6. The van der Waals surface area contributed by atoms with E-state index in [0.717, 1.165) is 0 Å². The van der Waals surface area contributed by atoms with Gasteiger partial charge in [-0.1, -0.05) is 6.07 Å². The predicted octanol–water partition coefficient (Wildman–Crippen LogP) is 0.677. The highest BCUT2D eigenvalue weighted by atomic mass is 19.1. The van der Waals surface area contributed by atoms with Crippen molar-refractivity contribution in [1.82, 2.24) is 5.32 Å². The fraction of sp³-hybridized carbons (Fsp3) is 0.273. The average molecular weight is 222 g/mol. The van der Waals surface area contributed by atoms with Gasteiger partial charge in [-0.25, -0.2) is 4.39 Å². The summed E-state index contributed by atoms with van der Waals surface area (Å²) in [5, 5.41) is 2.52. The molecule has 1 heterocycles. The number of piperazine rings is 1. The largest absolute Gasteiger partial charge is 0.343 e. The van der Waals surface area contributed by atoms with E-state index in [1.54, 1.807) is 13.0 Å². The van der Waals surface area contributed by atoms with Crippen molar-refractivity contribution >= 4 is 17.5 Å². The molecule has 4 nitrogen and oxygen atoms in total. The molecule has 0 bridgehead atoms. The molecule has 1 aromatic rings. The van der Waals surface area contributed by atoms with E-state index in [0.29, 0.717) is 5.69 Å². The Balaban J connectivity index is 2.32. The third-order valence-electron chi connectivity index (χ3n) is 2.44. The first-order valence-electron chi connectivity index (χ1n) is 4.94. The maximum absolute atomic E-state index is 13.0. The number of anilines is 1. The topological polar surface area (TPSA) is 49.4 Å². The van der Waals surface area contributed by atoms with Gasteiger partial charge in [-0.15, -0.1) is 0 Å². The number of nitrogens with one attached hydrogen (secondary N) is 1. The van der Waals surface area contributed by atoms with Crippen molar-refractivity contribution < 1.29 is 14.0 Å². The summed E-state index contributed by atoms with van der Waals surface area (Å²) < 4.78 is 13.0. The van der Waals surface area contributed by atoms with Crippen LogP contribution in [0.4, 0.5) is 10.1 Å². The SMILES string of the molecule is CC1NC(=O)CN(c2cccc(F)c2)C1=O. The van der Waals surface area contributed by atoms with Gasteiger partial charge in [-0.05, 0) is 25.1 Å². The summed E-state index contributed by atoms with van der Waals surface area (Å²) in [5.74, 6) is -0.898. The monoisotopic (exact) mass is 222 g/mol. The van der Waals surface area contributed by atoms with Crippen molar-refractivity contribution in [3.63, 3.8) is 0 Å². The first-order chi connectivity index (χ1) is 7.58. The van der Waals surface area contributed by atoms with Crippen LogP contribution in [0.3, 0.4) is 0 Å². The number of carbonyl (C=O) groups excluding carboxylic acids is 2. The number of hydrogen-bond donors (Lipinski definition) is 1. The van der Waals surface area contributed by atoms with Crippen LogP contribution in [0.15, 0.2) is 24.3 Å². The maximum atomic E-state index is 13.0. The lowest BCUT2D eigenvalue weighted by molar-refractivity contribution is -0.130. The highest BCUT2D eigenvalue weighted by molar-refractivity contribution is 6.06. The van der Waals surface area contributed by atoms with Crippen molar-refractivity contribution in [1.29, 1.82) is 0 Å². The molecule has 0 saturated carbocycles. The molecule has 2 amide bonds. The van der Waals surface area contributed by atoms with Crippen LogP contribution in [0.5, 0.6) is 0 Å². The Bertz CT molecular complexity index is 447. The third-order valence-corrected chi connectivity index (χ3v) is 2.44. The molecule has 2 rings (SSSR count). The standard InChI is InChI=1S/C11H11FN2O2/c1-7-11(16)14(6-10(15)13-7)9-4-2-3-8(12)5-9/h2-5,7H,6H2,1H3,(H,13,15). The van der Waals surface area contributed by atoms with Gasteiger partial charge < -0.3 is 10.2 Å². The van der Waals surface area contributed by atoms with E-state index in [1.165, 1.54) is 23.1 Å². The summed E-state index contributed by atoms with van der Waals surface area (Å²) in [6.07, 6.45) is 0. The molecule has 1 unspecified atom stereocenters. The Kier molecular flexibility index (Phi) is 2.60. The molecule has 1 aliphatic rings. The summed E-state index contributed by atoms with van der Waals surface area (Å²) in [7, 11) is 0. The van der Waals surface area contributed by atoms with Crippen LogP contribution in [-0.2, 0) is 9.59 Å². The molecule has 1 saturated heterocycles. The zero-order chi connectivity index (χ0) is 11.7. The van der Waals surface area contributed by atoms with Gasteiger partial charge in [-0.2, -0.15) is 0 Å². The first-order valence-corrected chi connectivity index (χ1v) is 4.94. The molecule has 16 heavy (non-hydrogen) atoms. The summed E-state index contributed by atoms with van der Waals surface area (Å²) in [4.78, 5) is 24.3. The summed E-state index contributed by atoms with van der Waals surface area (Å²) in [6.45, 7) is 1.54. The lowest BCUT2D eigenvalue weighted by atomic mass is 10.2. The number of carbonyl (C=O) groups is 2. The second-order valence-electron chi connectivity index (χ2n) is 3.69. The quantitative estimate of drug-likeness (QED) is 0.759. The molecule has 1 aliphatic heterocycles. The molecule has 0 aromatic heterocycles. The molecule has 0 spiro atoms. The smallest absolute Gasteiger partial charge is 0.249 e. The van der Waals surface area contributed by atoms with Crippen LogP contribution < -0.4 is 10.2 Å². The molecule has 1 N–H and O–H groups in total. The molecular weight excluding hydrogens is 211 g/mol. The van der Waals surface area contributed by atoms with Crippen LogP contribution in [0.1, 0.15) is 6.92 Å². The Morgan fingerprint density at radius 3 is 2.88 bits per heavy atom. The van der Waals surface area contributed by atoms with Gasteiger partial charge in [0.2, 0.25) is 11.8 Å². The van der Waals surface area contributed by atoms with Crippen LogP contribution in [0.25, 0.3) is 0 Å². The highest BCUT2D eigenvalue weighted by Crippen LogP contribution is 2.18. The van der Waals surface area contributed by atoms with E-state index in [1.807, 2.05) is 0 Å². The molecule has 5 heteroatoms. The van der Waals surface area contributed by atoms with Gasteiger partial charge >= 0.3 is 0 Å². The van der Waals surface area contributed by atoms with E-state index in [2.05, 4.69) is 5.32 Å².